The van der Waals surface area contributed by atoms with Crippen molar-refractivity contribution in [3.8, 4) is 0 Å². The summed E-state index contributed by atoms with van der Waals surface area (Å²) in [5, 5.41) is 3.35. The van der Waals surface area contributed by atoms with Crippen LogP contribution in [0.2, 0.25) is 0 Å². The molecule has 0 amide bonds. The van der Waals surface area contributed by atoms with E-state index in [9.17, 15) is 0 Å². The van der Waals surface area contributed by atoms with Crippen LogP contribution >= 0.6 is 0 Å². The van der Waals surface area contributed by atoms with Crippen molar-refractivity contribution >= 4 is 0 Å². The second kappa shape index (κ2) is 6.91. The highest BCUT2D eigenvalue weighted by molar-refractivity contribution is 5.14. The number of nitrogens with one attached hydrogen (secondary N) is 1. The highest BCUT2D eigenvalue weighted by Gasteiger charge is 2.31. The van der Waals surface area contributed by atoms with Crippen LogP contribution in [0.15, 0.2) is 30.3 Å². The first kappa shape index (κ1) is 13.6. The molecule has 1 aliphatic rings. The summed E-state index contributed by atoms with van der Waals surface area (Å²) in [6.45, 7) is 2.97. The Morgan fingerprint density at radius 3 is 2.78 bits per heavy atom. The molecule has 0 saturated carbocycles. The van der Waals surface area contributed by atoms with Gasteiger partial charge in [0, 0.05) is 18.6 Å². The predicted molar refractivity (Wildman–Crippen MR) is 75.8 cm³/mol. The molecule has 18 heavy (non-hydrogen) atoms. The Bertz CT molecular complexity index is 325. The van der Waals surface area contributed by atoms with Crippen LogP contribution in [0.5, 0.6) is 0 Å². The zero-order valence-electron chi connectivity index (χ0n) is 11.5. The molecule has 1 aliphatic heterocycles. The minimum Gasteiger partial charge on any atom is -0.381 e. The first-order valence-electron chi connectivity index (χ1n) is 7.11. The quantitative estimate of drug-likeness (QED) is 0.834. The van der Waals surface area contributed by atoms with E-state index in [2.05, 4.69) is 35.6 Å². The lowest BCUT2D eigenvalue weighted by atomic mass is 9.77. The van der Waals surface area contributed by atoms with Crippen LogP contribution in [-0.4, -0.2) is 26.8 Å². The normalized spacial score (nSPS) is 24.1. The van der Waals surface area contributed by atoms with E-state index in [1.54, 1.807) is 0 Å². The van der Waals surface area contributed by atoms with Crippen molar-refractivity contribution in [3.05, 3.63) is 35.9 Å². The summed E-state index contributed by atoms with van der Waals surface area (Å²) >= 11 is 0. The first-order chi connectivity index (χ1) is 8.85. The van der Waals surface area contributed by atoms with Crippen molar-refractivity contribution in [3.63, 3.8) is 0 Å². The van der Waals surface area contributed by atoms with Gasteiger partial charge in [0.05, 0.1) is 6.61 Å². The molecular weight excluding hydrogens is 222 g/mol. The Kier molecular flexibility index (Phi) is 5.21. The van der Waals surface area contributed by atoms with Crippen molar-refractivity contribution in [1.29, 1.82) is 0 Å². The Hall–Kier alpha value is -0.860. The smallest absolute Gasteiger partial charge is 0.0534 e. The molecule has 0 aromatic heterocycles. The number of rotatable bonds is 6. The molecule has 2 heteroatoms. The third-order valence-electron chi connectivity index (χ3n) is 3.97. The molecule has 1 fully saturated rings. The van der Waals surface area contributed by atoms with Gasteiger partial charge in [-0.25, -0.2) is 0 Å². The zero-order chi connectivity index (χ0) is 12.7. The van der Waals surface area contributed by atoms with Gasteiger partial charge in [0.2, 0.25) is 0 Å². The van der Waals surface area contributed by atoms with Crippen LogP contribution in [-0.2, 0) is 11.2 Å². The van der Waals surface area contributed by atoms with Crippen LogP contribution in [0.3, 0.4) is 0 Å². The average Bonchev–Trinajstić information content (AvgIpc) is 2.41. The topological polar surface area (TPSA) is 21.3 Å². The maximum absolute atomic E-state index is 5.70. The summed E-state index contributed by atoms with van der Waals surface area (Å²) in [5.74, 6) is 0. The molecule has 1 saturated heterocycles. The molecule has 2 rings (SSSR count). The molecular formula is C16H25NO. The van der Waals surface area contributed by atoms with Crippen molar-refractivity contribution in [2.45, 2.75) is 32.1 Å². The summed E-state index contributed by atoms with van der Waals surface area (Å²) in [5.41, 5.74) is 1.83. The van der Waals surface area contributed by atoms with Crippen molar-refractivity contribution in [2.24, 2.45) is 5.41 Å². The van der Waals surface area contributed by atoms with Gasteiger partial charge in [-0.2, -0.15) is 0 Å². The first-order valence-corrected chi connectivity index (χ1v) is 7.11. The van der Waals surface area contributed by atoms with E-state index in [0.29, 0.717) is 5.41 Å². The molecule has 1 heterocycles. The molecule has 1 aromatic carbocycles. The molecule has 100 valence electrons. The summed E-state index contributed by atoms with van der Waals surface area (Å²) in [6.07, 6.45) is 6.24. The van der Waals surface area contributed by atoms with Gasteiger partial charge in [-0.1, -0.05) is 30.3 Å². The largest absolute Gasteiger partial charge is 0.381 e. The Labute approximate surface area is 111 Å². The molecule has 2 nitrogen and oxygen atoms in total. The van der Waals surface area contributed by atoms with Crippen molar-refractivity contribution in [1.82, 2.24) is 5.32 Å². The minimum atomic E-state index is 0.377. The molecule has 1 aromatic rings. The van der Waals surface area contributed by atoms with Crippen molar-refractivity contribution < 1.29 is 4.74 Å². The average molecular weight is 247 g/mol. The Balaban J connectivity index is 1.82. The molecule has 1 unspecified atom stereocenters. The van der Waals surface area contributed by atoms with Gasteiger partial charge >= 0.3 is 0 Å². The summed E-state index contributed by atoms with van der Waals surface area (Å²) in [6, 6.07) is 10.8. The van der Waals surface area contributed by atoms with E-state index in [1.807, 2.05) is 7.05 Å². The van der Waals surface area contributed by atoms with Gasteiger partial charge in [0.15, 0.2) is 0 Å². The fraction of sp³-hybridized carbons (Fsp3) is 0.625. The van der Waals surface area contributed by atoms with Crippen LogP contribution in [0, 0.1) is 5.41 Å². The fourth-order valence-corrected chi connectivity index (χ4v) is 3.02. The maximum atomic E-state index is 5.70. The van der Waals surface area contributed by atoms with E-state index in [1.165, 1.54) is 37.7 Å². The molecule has 1 atom stereocenters. The Morgan fingerprint density at radius 2 is 2.11 bits per heavy atom. The van der Waals surface area contributed by atoms with E-state index < -0.39 is 0 Å². The van der Waals surface area contributed by atoms with Gasteiger partial charge < -0.3 is 10.1 Å². The lowest BCUT2D eigenvalue weighted by molar-refractivity contribution is -0.0120. The second-order valence-corrected chi connectivity index (χ2v) is 5.53. The van der Waals surface area contributed by atoms with Gasteiger partial charge in [-0.15, -0.1) is 0 Å². The SMILES string of the molecule is CNCC1(CCCc2ccccc2)CCCOC1. The van der Waals surface area contributed by atoms with Crippen LogP contribution < -0.4 is 5.32 Å². The second-order valence-electron chi connectivity index (χ2n) is 5.53. The number of ether oxygens (including phenoxy) is 1. The molecule has 0 bridgehead atoms. The number of hydrogen-bond donors (Lipinski definition) is 1. The molecule has 0 spiro atoms. The predicted octanol–water partition coefficient (Wildman–Crippen LogP) is 3.03. The van der Waals surface area contributed by atoms with Gasteiger partial charge in [0.25, 0.3) is 0 Å². The Morgan fingerprint density at radius 1 is 1.28 bits per heavy atom. The summed E-state index contributed by atoms with van der Waals surface area (Å²) < 4.78 is 5.70. The zero-order valence-corrected chi connectivity index (χ0v) is 11.5. The highest BCUT2D eigenvalue weighted by atomic mass is 16.5. The fourth-order valence-electron chi connectivity index (χ4n) is 3.02. The van der Waals surface area contributed by atoms with E-state index in [4.69, 9.17) is 4.74 Å². The third-order valence-corrected chi connectivity index (χ3v) is 3.97. The maximum Gasteiger partial charge on any atom is 0.0534 e. The molecule has 0 aliphatic carbocycles. The van der Waals surface area contributed by atoms with Crippen LogP contribution in [0.1, 0.15) is 31.2 Å². The van der Waals surface area contributed by atoms with E-state index >= 15 is 0 Å². The van der Waals surface area contributed by atoms with Gasteiger partial charge in [0.1, 0.15) is 0 Å². The standard InChI is InChI=1S/C16H25NO/c1-17-13-16(11-6-12-18-14-16)10-5-9-15-7-3-2-4-8-15/h2-4,7-8,17H,5-6,9-14H2,1H3. The third kappa shape index (κ3) is 3.82. The summed E-state index contributed by atoms with van der Waals surface area (Å²) in [4.78, 5) is 0. The number of benzene rings is 1. The lowest BCUT2D eigenvalue weighted by Crippen LogP contribution is -2.40. The van der Waals surface area contributed by atoms with Crippen LogP contribution in [0.4, 0.5) is 0 Å². The number of hydrogen-bond acceptors (Lipinski definition) is 2. The van der Waals surface area contributed by atoms with Gasteiger partial charge in [-0.3, -0.25) is 0 Å². The summed E-state index contributed by atoms with van der Waals surface area (Å²) in [7, 11) is 2.05. The molecule has 0 radical (unpaired) electrons. The highest BCUT2D eigenvalue weighted by Crippen LogP contribution is 2.33. The van der Waals surface area contributed by atoms with Crippen LogP contribution in [0.25, 0.3) is 0 Å². The monoisotopic (exact) mass is 247 g/mol. The van der Waals surface area contributed by atoms with E-state index in [-0.39, 0.29) is 0 Å². The van der Waals surface area contributed by atoms with Gasteiger partial charge in [-0.05, 0) is 44.7 Å². The van der Waals surface area contributed by atoms with Crippen molar-refractivity contribution in [2.75, 3.05) is 26.8 Å². The number of aryl methyl sites for hydroxylation is 1. The van der Waals surface area contributed by atoms with E-state index in [0.717, 1.165) is 19.8 Å². The lowest BCUT2D eigenvalue weighted by Gasteiger charge is -2.37. The molecule has 1 N–H and O–H groups in total. The minimum absolute atomic E-state index is 0.377.